The van der Waals surface area contributed by atoms with E-state index in [1.165, 1.54) is 35.3 Å². The van der Waals surface area contributed by atoms with Gasteiger partial charge in [-0.15, -0.1) is 0 Å². The Hall–Kier alpha value is -4.46. The largest absolute Gasteiger partial charge is 0.394 e. The molecule has 5 heteroatoms. The van der Waals surface area contributed by atoms with Gasteiger partial charge in [-0.3, -0.25) is 0 Å². The molecule has 0 radical (unpaired) electrons. The summed E-state index contributed by atoms with van der Waals surface area (Å²) in [4.78, 5) is 0. The summed E-state index contributed by atoms with van der Waals surface area (Å²) in [6, 6.07) is 43.0. The number of benzene rings is 6. The van der Waals surface area contributed by atoms with Gasteiger partial charge >= 0.3 is 6.18 Å². The third kappa shape index (κ3) is 35.0. The van der Waals surface area contributed by atoms with E-state index < -0.39 is 135 Å². The van der Waals surface area contributed by atoms with Crippen LogP contribution < -0.4 is 0 Å². The standard InChI is InChI=1S/C11H16.3C10H14.C9H15F3.2C8H10.C7H18Si.C4H12Si/c1-9-7-5-6-8-10(9)11(2,3)4;1-7-5-8(2)10(4)9(3)6-7;2*1-8(2)10-7-5-4-6-9(10)3;1-7-3-5-8(2,6-4-7)9(10,11)12;1-7-3-5-8(2)6-4-7;1-7-5-3-4-6-8(7)2;1-5-8(4,6-2)7-3;1-5(2,3)4/h5-8H,1-4H3;5-6H,1-4H3;2*4-8H,1-3H3;7H,3-6H2,1-2H3;2*3-6H,1-2H3;5-7H2,1-4H3;1-4H3/i2*2D3;2*8D;3D2,4D2,5D2,6D2,7D;;1D3;1D3,5D2,6D2,7D2;1D3,2D3. The Morgan fingerprint density at radius 3 is 1.26 bits per heavy atom. The van der Waals surface area contributed by atoms with Crippen LogP contribution in [0, 0.1) is 87.3 Å². The van der Waals surface area contributed by atoms with Crippen LogP contribution in [0.4, 0.5) is 13.2 Å². The number of rotatable bonds is 5. The zero-order valence-electron chi connectivity index (χ0n) is 88.3. The minimum Gasteiger partial charge on any atom is -0.171 e. The van der Waals surface area contributed by atoms with Gasteiger partial charge in [0.2, 0.25) is 0 Å². The minimum absolute atomic E-state index is 0.123. The summed E-state index contributed by atoms with van der Waals surface area (Å²) in [7, 11) is -7.18. The molecule has 7 rings (SSSR count). The molecule has 0 aromatic heterocycles. The Balaban J connectivity index is 0. The molecule has 1 saturated carbocycles. The van der Waals surface area contributed by atoms with Crippen molar-refractivity contribution in [3.8, 4) is 0 Å². The molecule has 0 amide bonds. The molecule has 0 N–H and O–H groups in total. The molecule has 0 spiro atoms. The Morgan fingerprint density at radius 1 is 0.573 bits per heavy atom. The number of halogens is 3. The molecule has 0 atom stereocenters. The monoisotopic (exact) mass is 1200 g/mol. The zero-order chi connectivity index (χ0) is 94.1. The van der Waals surface area contributed by atoms with Crippen LogP contribution in [0.2, 0.25) is 50.6 Å². The molecule has 0 nitrogen and oxygen atoms in total. The van der Waals surface area contributed by atoms with Gasteiger partial charge in [0.05, 0.1) is 5.41 Å². The summed E-state index contributed by atoms with van der Waals surface area (Å²) in [6.45, 7) is 22.1. The number of hydrogen-bond acceptors (Lipinski definition) is 0. The lowest BCUT2D eigenvalue weighted by Crippen LogP contribution is -2.38. The lowest BCUT2D eigenvalue weighted by molar-refractivity contribution is -0.229. The van der Waals surface area contributed by atoms with Crippen molar-refractivity contribution in [3.05, 3.63) is 211 Å². The zero-order valence-corrected chi connectivity index (χ0v) is 55.3. The first-order valence-corrected chi connectivity index (χ1v) is 32.6. The molecule has 0 saturated heterocycles. The number of alkyl halides is 3. The molecule has 6 aromatic rings. The van der Waals surface area contributed by atoms with E-state index in [9.17, 15) is 13.2 Å². The highest BCUT2D eigenvalue weighted by Gasteiger charge is 2.51. The van der Waals surface area contributed by atoms with Gasteiger partial charge in [-0.25, -0.2) is 0 Å². The predicted octanol–water partition coefficient (Wildman–Crippen LogP) is 25.9. The van der Waals surface area contributed by atoms with Gasteiger partial charge in [0.15, 0.2) is 0 Å². The molecule has 0 unspecified atom stereocenters. The quantitative estimate of drug-likeness (QED) is 0.151. The maximum atomic E-state index is 13.4. The van der Waals surface area contributed by atoms with Crippen molar-refractivity contribution in [3.63, 3.8) is 0 Å². The molecule has 82 heavy (non-hydrogen) atoms. The highest BCUT2D eigenvalue weighted by atomic mass is 28.3. The van der Waals surface area contributed by atoms with Crippen molar-refractivity contribution in [2.24, 2.45) is 11.3 Å². The molecule has 0 aliphatic heterocycles. The second-order valence-electron chi connectivity index (χ2n) is 21.9. The van der Waals surface area contributed by atoms with Gasteiger partial charge in [-0.1, -0.05) is 284 Å². The van der Waals surface area contributed by atoms with Crippen LogP contribution in [0.1, 0.15) is 246 Å². The van der Waals surface area contributed by atoms with Crippen LogP contribution in [0.15, 0.2) is 133 Å². The molecule has 0 heterocycles. The van der Waals surface area contributed by atoms with E-state index in [4.69, 9.17) is 48.0 Å². The lowest BCUT2D eigenvalue weighted by atomic mass is 9.72. The van der Waals surface area contributed by atoms with Crippen LogP contribution in [0.5, 0.6) is 0 Å². The first-order valence-electron chi connectivity index (χ1n) is 44.6. The molecule has 1 aliphatic carbocycles. The smallest absolute Gasteiger partial charge is 0.171 e. The second kappa shape index (κ2) is 39.2. The Morgan fingerprint density at radius 2 is 0.963 bits per heavy atom. The van der Waals surface area contributed by atoms with Crippen LogP contribution in [0.25, 0.3) is 0 Å². The SMILES string of the molecule is Cc1ccc(C)cc1.[2H]C(C)(C)c1ccccc1C.[2H]C(C)(C)c1ccccc1C.[2H]C([2H])([2H])C(C)(C)c1ccccc1C.[2H]C([2H])([2H])C([2H])([2H])[Si](C)(C([2H])([2H])C)C([2H])([2H])C.[2H]C([2H])([2H])[Si](C)(C)C([2H])([2H])[2H].[2H]C([2H])([2H])c1cc(C)cc(C)c1C.[2H]C([2H])([2H])c1ccccc1C.[2H]C1([2H])C([2H])([2H])C(C)(C(F)(F)F)C([2H])([2H])C([2H])([2H])C1([2H])C. The second-order valence-corrected chi connectivity index (χ2v) is 28.7. The van der Waals surface area contributed by atoms with Crippen molar-refractivity contribution in [2.45, 2.75) is 258 Å². The van der Waals surface area contributed by atoms with Gasteiger partial charge in [-0.05, 0) is 186 Å². The van der Waals surface area contributed by atoms with Crippen LogP contribution in [0.3, 0.4) is 0 Å². The summed E-state index contributed by atoms with van der Waals surface area (Å²) in [5.74, 6) is -11.2. The van der Waals surface area contributed by atoms with Gasteiger partial charge in [0.1, 0.15) is 0 Å². The maximum Gasteiger partial charge on any atom is 0.394 e. The van der Waals surface area contributed by atoms with E-state index in [1.54, 1.807) is 32.0 Å². The van der Waals surface area contributed by atoms with E-state index in [0.29, 0.717) is 18.1 Å². The number of aryl methyl sites for hydroxylation is 10. The van der Waals surface area contributed by atoms with Crippen LogP contribution in [-0.4, -0.2) is 22.3 Å². The summed E-state index contributed by atoms with van der Waals surface area (Å²) in [6.07, 6.45) is -20.4. The van der Waals surface area contributed by atoms with Gasteiger partial charge in [0, 0.05) is 64.1 Å². The fourth-order valence-electron chi connectivity index (χ4n) is 6.68. The average molecular weight is 1200 g/mol. The fraction of sp³-hybridized carbons (Fsp3) is 0.532. The first kappa shape index (κ1) is 37.2. The summed E-state index contributed by atoms with van der Waals surface area (Å²) in [5.41, 5.74) is 9.15. The summed E-state index contributed by atoms with van der Waals surface area (Å²) < 4.78 is 300. The molecule has 0 bridgehead atoms. The van der Waals surface area contributed by atoms with Crippen molar-refractivity contribution in [1.29, 1.82) is 0 Å². The van der Waals surface area contributed by atoms with E-state index in [2.05, 4.69) is 38.1 Å². The molecule has 1 aliphatic rings. The molecular formula is C77H123F3Si2. The Kier molecular flexibility index (Phi) is 17.8. The third-order valence-corrected chi connectivity index (χ3v) is 14.7. The maximum absolute atomic E-state index is 13.4. The van der Waals surface area contributed by atoms with E-state index in [0.717, 1.165) is 64.9 Å². The van der Waals surface area contributed by atoms with Gasteiger partial charge in [-0.2, -0.15) is 13.2 Å². The molecule has 460 valence electrons. The van der Waals surface area contributed by atoms with Crippen molar-refractivity contribution < 1.29 is 61.1 Å². The highest BCUT2D eigenvalue weighted by molar-refractivity contribution is 6.78. The van der Waals surface area contributed by atoms with Crippen molar-refractivity contribution in [2.75, 3.05) is 0 Å². The van der Waals surface area contributed by atoms with Crippen LogP contribution in [-0.2, 0) is 5.41 Å². The molecule has 1 fully saturated rings. The third-order valence-electron chi connectivity index (χ3n) is 12.2. The topological polar surface area (TPSA) is 0 Å². The summed E-state index contributed by atoms with van der Waals surface area (Å²) in [5, 5.41) is 0. The molecular weight excluding hydrogens is 1040 g/mol. The number of hydrogen-bond donors (Lipinski definition) is 0. The van der Waals surface area contributed by atoms with Crippen molar-refractivity contribution in [1.82, 2.24) is 0 Å². The van der Waals surface area contributed by atoms with Crippen LogP contribution >= 0.6 is 0 Å². The van der Waals surface area contributed by atoms with Gasteiger partial charge in [0.25, 0.3) is 0 Å². The van der Waals surface area contributed by atoms with E-state index in [1.807, 2.05) is 167 Å². The first-order chi connectivity index (χ1) is 51.2. The predicted molar refractivity (Wildman–Crippen MR) is 372 cm³/mol. The molecule has 6 aromatic carbocycles. The van der Waals surface area contributed by atoms with E-state index in [-0.39, 0.29) is 6.92 Å². The van der Waals surface area contributed by atoms with Gasteiger partial charge < -0.3 is 0 Å². The minimum atomic E-state index is -5.56. The normalized spacial score (nSPS) is 26.0. The Bertz CT molecular complexity index is 3880. The Labute approximate surface area is 557 Å². The average Bonchev–Trinajstić information content (AvgIpc) is 0.652. The highest BCUT2D eigenvalue weighted by Crippen LogP contribution is 2.49. The summed E-state index contributed by atoms with van der Waals surface area (Å²) >= 11 is 0. The van der Waals surface area contributed by atoms with E-state index >= 15 is 0 Å². The fourth-order valence-corrected chi connectivity index (χ4v) is 7.18. The van der Waals surface area contributed by atoms with Crippen molar-refractivity contribution >= 4 is 16.1 Å². The lowest BCUT2D eigenvalue weighted by Gasteiger charge is -2.37.